The van der Waals surface area contributed by atoms with Crippen LogP contribution in [0.1, 0.15) is 63.3 Å². The predicted molar refractivity (Wildman–Crippen MR) is 91.8 cm³/mol. The molecule has 0 bridgehead atoms. The Bertz CT molecular complexity index is 445. The molecule has 0 aromatic heterocycles. The molecule has 1 aliphatic heterocycles. The van der Waals surface area contributed by atoms with Gasteiger partial charge in [0.2, 0.25) is 0 Å². The zero-order valence-electron chi connectivity index (χ0n) is 14.7. The summed E-state index contributed by atoms with van der Waals surface area (Å²) in [6, 6.07) is 7.97. The summed E-state index contributed by atoms with van der Waals surface area (Å²) in [5, 5.41) is 3.83. The number of piperidine rings is 1. The molecule has 1 aliphatic rings. The van der Waals surface area contributed by atoms with Crippen LogP contribution in [-0.2, 0) is 0 Å². The lowest BCUT2D eigenvalue weighted by molar-refractivity contribution is 0.0942. The molecule has 2 rings (SSSR count). The van der Waals surface area contributed by atoms with Crippen LogP contribution in [0.5, 0.6) is 0 Å². The van der Waals surface area contributed by atoms with Crippen LogP contribution in [0.3, 0.4) is 0 Å². The first-order valence-corrected chi connectivity index (χ1v) is 8.35. The fourth-order valence-electron chi connectivity index (χ4n) is 3.43. The molecule has 0 spiro atoms. The Labute approximate surface area is 130 Å². The van der Waals surface area contributed by atoms with Gasteiger partial charge in [-0.3, -0.25) is 4.90 Å². The Morgan fingerprint density at radius 1 is 1.05 bits per heavy atom. The van der Waals surface area contributed by atoms with E-state index in [0.717, 1.165) is 0 Å². The van der Waals surface area contributed by atoms with Crippen molar-refractivity contribution in [1.82, 2.24) is 10.2 Å². The second-order valence-electron chi connectivity index (χ2n) is 7.74. The molecule has 1 heterocycles. The van der Waals surface area contributed by atoms with Crippen molar-refractivity contribution in [3.8, 4) is 0 Å². The van der Waals surface area contributed by atoms with Gasteiger partial charge in [-0.25, -0.2) is 0 Å². The highest BCUT2D eigenvalue weighted by Crippen LogP contribution is 2.23. The summed E-state index contributed by atoms with van der Waals surface area (Å²) < 4.78 is 0. The van der Waals surface area contributed by atoms with Crippen LogP contribution >= 0.6 is 0 Å². The lowest BCUT2D eigenvalue weighted by Gasteiger charge is -2.41. The maximum Gasteiger partial charge on any atom is 0.0294 e. The summed E-state index contributed by atoms with van der Waals surface area (Å²) in [5.41, 5.74) is 4.46. The predicted octanol–water partition coefficient (Wildman–Crippen LogP) is 4.22. The van der Waals surface area contributed by atoms with Crippen LogP contribution in [0.2, 0.25) is 0 Å². The van der Waals surface area contributed by atoms with Crippen molar-refractivity contribution in [3.63, 3.8) is 0 Å². The Morgan fingerprint density at radius 3 is 2.05 bits per heavy atom. The summed E-state index contributed by atoms with van der Waals surface area (Å²) in [5.74, 6) is 0. The lowest BCUT2D eigenvalue weighted by Crippen LogP contribution is -2.50. The second kappa shape index (κ2) is 6.50. The molecule has 2 heteroatoms. The van der Waals surface area contributed by atoms with Crippen LogP contribution in [0.25, 0.3) is 0 Å². The molecule has 0 saturated carbocycles. The summed E-state index contributed by atoms with van der Waals surface area (Å²) in [6.45, 7) is 16.0. The van der Waals surface area contributed by atoms with Crippen molar-refractivity contribution >= 4 is 0 Å². The molecule has 1 aromatic rings. The maximum atomic E-state index is 3.83. The smallest absolute Gasteiger partial charge is 0.0294 e. The highest BCUT2D eigenvalue weighted by Gasteiger charge is 2.27. The Kier molecular flexibility index (Phi) is 5.11. The molecular weight excluding hydrogens is 256 g/mol. The number of benzene rings is 1. The molecule has 1 saturated heterocycles. The lowest BCUT2D eigenvalue weighted by atomic mass is 9.96. The van der Waals surface area contributed by atoms with Crippen LogP contribution in [0.15, 0.2) is 18.2 Å². The first-order chi connectivity index (χ1) is 9.75. The van der Waals surface area contributed by atoms with Gasteiger partial charge in [0.15, 0.2) is 0 Å². The van der Waals surface area contributed by atoms with Gasteiger partial charge in [0.25, 0.3) is 0 Å². The van der Waals surface area contributed by atoms with Crippen molar-refractivity contribution in [2.75, 3.05) is 13.1 Å². The van der Waals surface area contributed by atoms with Gasteiger partial charge in [-0.15, -0.1) is 0 Å². The monoisotopic (exact) mass is 288 g/mol. The SMILES string of the molecule is Cc1cc(C)cc(C(C)NC2CCN(C(C)(C)C)CC2)c1. The number of rotatable bonds is 3. The molecule has 0 radical (unpaired) electrons. The minimum atomic E-state index is 0.310. The Morgan fingerprint density at radius 2 is 1.57 bits per heavy atom. The van der Waals surface area contributed by atoms with Crippen molar-refractivity contribution in [2.45, 2.75) is 72.0 Å². The first kappa shape index (κ1) is 16.5. The molecular formula is C19H32N2. The second-order valence-corrected chi connectivity index (χ2v) is 7.74. The zero-order chi connectivity index (χ0) is 15.6. The molecule has 1 unspecified atom stereocenters. The Balaban J connectivity index is 1.91. The molecule has 1 aromatic carbocycles. The fourth-order valence-corrected chi connectivity index (χ4v) is 3.43. The first-order valence-electron chi connectivity index (χ1n) is 8.35. The number of aryl methyl sites for hydroxylation is 2. The summed E-state index contributed by atoms with van der Waals surface area (Å²) >= 11 is 0. The van der Waals surface area contributed by atoms with Crippen molar-refractivity contribution in [2.24, 2.45) is 0 Å². The molecule has 1 N–H and O–H groups in total. The average molecular weight is 288 g/mol. The third kappa shape index (κ3) is 4.55. The van der Waals surface area contributed by atoms with Gasteiger partial charge < -0.3 is 5.32 Å². The standard InChI is InChI=1S/C19H32N2/c1-14-11-15(2)13-17(12-14)16(3)20-18-7-9-21(10-8-18)19(4,5)6/h11-13,16,18,20H,7-10H2,1-6H3. The maximum absolute atomic E-state index is 3.83. The molecule has 0 aliphatic carbocycles. The van der Waals surface area contributed by atoms with Gasteiger partial charge in [0.1, 0.15) is 0 Å². The van der Waals surface area contributed by atoms with Gasteiger partial charge in [0.05, 0.1) is 0 Å². The molecule has 21 heavy (non-hydrogen) atoms. The molecule has 2 nitrogen and oxygen atoms in total. The van der Waals surface area contributed by atoms with Gasteiger partial charge in [-0.2, -0.15) is 0 Å². The van der Waals surface area contributed by atoms with Gasteiger partial charge in [-0.05, 0) is 59.9 Å². The van der Waals surface area contributed by atoms with Gasteiger partial charge in [-0.1, -0.05) is 29.3 Å². The summed E-state index contributed by atoms with van der Waals surface area (Å²) in [4.78, 5) is 2.60. The van der Waals surface area contributed by atoms with Crippen molar-refractivity contribution < 1.29 is 0 Å². The van der Waals surface area contributed by atoms with Crippen LogP contribution < -0.4 is 5.32 Å². The zero-order valence-corrected chi connectivity index (χ0v) is 14.7. The topological polar surface area (TPSA) is 15.3 Å². The molecule has 118 valence electrons. The van der Waals surface area contributed by atoms with Crippen LogP contribution in [-0.4, -0.2) is 29.6 Å². The number of likely N-dealkylation sites (tertiary alicyclic amines) is 1. The van der Waals surface area contributed by atoms with Crippen LogP contribution in [0, 0.1) is 13.8 Å². The van der Waals surface area contributed by atoms with E-state index in [1.807, 2.05) is 0 Å². The average Bonchev–Trinajstić information content (AvgIpc) is 2.37. The summed E-state index contributed by atoms with van der Waals surface area (Å²) in [7, 11) is 0. The molecule has 0 amide bonds. The summed E-state index contributed by atoms with van der Waals surface area (Å²) in [6.07, 6.45) is 2.51. The van der Waals surface area contributed by atoms with E-state index in [1.165, 1.54) is 42.6 Å². The van der Waals surface area contributed by atoms with E-state index in [1.54, 1.807) is 0 Å². The number of hydrogen-bond donors (Lipinski definition) is 1. The molecule has 1 fully saturated rings. The minimum absolute atomic E-state index is 0.310. The highest BCUT2D eigenvalue weighted by atomic mass is 15.2. The van der Waals surface area contributed by atoms with E-state index in [0.29, 0.717) is 17.6 Å². The fraction of sp³-hybridized carbons (Fsp3) is 0.684. The quantitative estimate of drug-likeness (QED) is 0.896. The highest BCUT2D eigenvalue weighted by molar-refractivity contribution is 5.30. The van der Waals surface area contributed by atoms with Gasteiger partial charge >= 0.3 is 0 Å². The van der Waals surface area contributed by atoms with E-state index < -0.39 is 0 Å². The van der Waals surface area contributed by atoms with E-state index in [4.69, 9.17) is 0 Å². The number of nitrogens with zero attached hydrogens (tertiary/aromatic N) is 1. The minimum Gasteiger partial charge on any atom is -0.307 e. The third-order valence-electron chi connectivity index (χ3n) is 4.67. The van der Waals surface area contributed by atoms with Crippen molar-refractivity contribution in [1.29, 1.82) is 0 Å². The Hall–Kier alpha value is -0.860. The number of hydrogen-bond acceptors (Lipinski definition) is 2. The van der Waals surface area contributed by atoms with E-state index in [-0.39, 0.29) is 0 Å². The van der Waals surface area contributed by atoms with Crippen molar-refractivity contribution in [3.05, 3.63) is 34.9 Å². The largest absolute Gasteiger partial charge is 0.307 e. The van der Waals surface area contributed by atoms with Gasteiger partial charge in [0, 0.05) is 30.7 Å². The van der Waals surface area contributed by atoms with E-state index >= 15 is 0 Å². The van der Waals surface area contributed by atoms with E-state index in [2.05, 4.69) is 70.0 Å². The number of nitrogens with one attached hydrogen (secondary N) is 1. The third-order valence-corrected chi connectivity index (χ3v) is 4.67. The van der Waals surface area contributed by atoms with Crippen LogP contribution in [0.4, 0.5) is 0 Å². The molecule has 1 atom stereocenters. The van der Waals surface area contributed by atoms with E-state index in [9.17, 15) is 0 Å². The normalized spacial score (nSPS) is 19.7.